The molecule has 17 heavy (non-hydrogen) atoms. The summed E-state index contributed by atoms with van der Waals surface area (Å²) in [6.07, 6.45) is 1.23. The van der Waals surface area contributed by atoms with Crippen molar-refractivity contribution in [2.24, 2.45) is 5.73 Å². The molecule has 0 radical (unpaired) electrons. The maximum Gasteiger partial charge on any atom is 0.270 e. The molecular weight excluding hydrogens is 240 g/mol. The van der Waals surface area contributed by atoms with Crippen molar-refractivity contribution >= 4 is 28.3 Å². The average molecular weight is 256 g/mol. The number of carbonyl (C=O) groups is 2. The Morgan fingerprint density at radius 2 is 2.29 bits per heavy atom. The van der Waals surface area contributed by atoms with Crippen molar-refractivity contribution in [3.63, 3.8) is 0 Å². The molecule has 7 heteroatoms. The van der Waals surface area contributed by atoms with Gasteiger partial charge in [-0.25, -0.2) is 4.98 Å². The SMILES string of the molecule is CCCC(=O)Nc1nc(C(=O)NCCN)cs1. The highest BCUT2D eigenvalue weighted by Gasteiger charge is 2.11. The van der Waals surface area contributed by atoms with Crippen molar-refractivity contribution in [2.45, 2.75) is 19.8 Å². The van der Waals surface area contributed by atoms with Crippen molar-refractivity contribution in [3.05, 3.63) is 11.1 Å². The van der Waals surface area contributed by atoms with Crippen molar-refractivity contribution in [2.75, 3.05) is 18.4 Å². The summed E-state index contributed by atoms with van der Waals surface area (Å²) in [5.74, 6) is -0.363. The quantitative estimate of drug-likeness (QED) is 0.693. The summed E-state index contributed by atoms with van der Waals surface area (Å²) < 4.78 is 0. The molecule has 2 amide bonds. The average Bonchev–Trinajstić information content (AvgIpc) is 2.74. The first-order valence-electron chi connectivity index (χ1n) is 5.41. The molecule has 0 spiro atoms. The van der Waals surface area contributed by atoms with Crippen LogP contribution in [0.5, 0.6) is 0 Å². The van der Waals surface area contributed by atoms with Gasteiger partial charge in [0.25, 0.3) is 5.91 Å². The first-order chi connectivity index (χ1) is 8.17. The molecule has 0 unspecified atom stereocenters. The van der Waals surface area contributed by atoms with Gasteiger partial charge in [0.15, 0.2) is 5.13 Å². The Morgan fingerprint density at radius 1 is 1.53 bits per heavy atom. The van der Waals surface area contributed by atoms with Crippen molar-refractivity contribution in [3.8, 4) is 0 Å². The number of nitrogens with zero attached hydrogens (tertiary/aromatic N) is 1. The van der Waals surface area contributed by atoms with Crippen LogP contribution in [0.3, 0.4) is 0 Å². The Hall–Kier alpha value is -1.47. The predicted octanol–water partition coefficient (Wildman–Crippen LogP) is 0.570. The van der Waals surface area contributed by atoms with Gasteiger partial charge in [-0.15, -0.1) is 11.3 Å². The Morgan fingerprint density at radius 3 is 2.94 bits per heavy atom. The topological polar surface area (TPSA) is 97.1 Å². The summed E-state index contributed by atoms with van der Waals surface area (Å²) in [5.41, 5.74) is 5.57. The van der Waals surface area contributed by atoms with Crippen molar-refractivity contribution in [1.29, 1.82) is 0 Å². The number of rotatable bonds is 6. The van der Waals surface area contributed by atoms with E-state index in [9.17, 15) is 9.59 Å². The molecule has 94 valence electrons. The number of carbonyl (C=O) groups excluding carboxylic acids is 2. The molecule has 0 saturated heterocycles. The van der Waals surface area contributed by atoms with E-state index >= 15 is 0 Å². The predicted molar refractivity (Wildman–Crippen MR) is 67.0 cm³/mol. The van der Waals surface area contributed by atoms with Crippen LogP contribution in [-0.4, -0.2) is 29.9 Å². The van der Waals surface area contributed by atoms with Crippen molar-refractivity contribution < 1.29 is 9.59 Å². The van der Waals surface area contributed by atoms with Gasteiger partial charge in [0.2, 0.25) is 5.91 Å². The lowest BCUT2D eigenvalue weighted by molar-refractivity contribution is -0.116. The molecule has 0 atom stereocenters. The molecular formula is C10H16N4O2S. The molecule has 0 fully saturated rings. The van der Waals surface area contributed by atoms with E-state index in [2.05, 4.69) is 15.6 Å². The molecule has 1 aromatic rings. The lowest BCUT2D eigenvalue weighted by Gasteiger charge is -2.00. The number of aromatic nitrogens is 1. The summed E-state index contributed by atoms with van der Waals surface area (Å²) in [5, 5.41) is 7.30. The molecule has 1 heterocycles. The van der Waals surface area contributed by atoms with E-state index in [-0.39, 0.29) is 11.8 Å². The van der Waals surface area contributed by atoms with Crippen LogP contribution in [0.2, 0.25) is 0 Å². The smallest absolute Gasteiger partial charge is 0.270 e. The van der Waals surface area contributed by atoms with Crippen LogP contribution in [0.25, 0.3) is 0 Å². The standard InChI is InChI=1S/C10H16N4O2S/c1-2-3-8(15)14-10-13-7(6-17-10)9(16)12-5-4-11/h6H,2-5,11H2,1H3,(H,12,16)(H,13,14,15). The van der Waals surface area contributed by atoms with Crippen molar-refractivity contribution in [1.82, 2.24) is 10.3 Å². The number of nitrogens with one attached hydrogen (secondary N) is 2. The fourth-order valence-electron chi connectivity index (χ4n) is 1.12. The second-order valence-electron chi connectivity index (χ2n) is 3.38. The molecule has 4 N–H and O–H groups in total. The van der Waals surface area contributed by atoms with Gasteiger partial charge in [-0.1, -0.05) is 6.92 Å². The van der Waals surface area contributed by atoms with Crippen LogP contribution in [0, 0.1) is 0 Å². The summed E-state index contributed by atoms with van der Waals surface area (Å²) in [7, 11) is 0. The molecule has 0 aliphatic rings. The number of thiazole rings is 1. The van der Waals surface area contributed by atoms with E-state index in [0.29, 0.717) is 30.3 Å². The molecule has 0 aliphatic carbocycles. The Balaban J connectivity index is 2.52. The summed E-state index contributed by atoms with van der Waals surface area (Å²) in [6, 6.07) is 0. The largest absolute Gasteiger partial charge is 0.349 e. The number of anilines is 1. The Kier molecular flexibility index (Phi) is 5.58. The maximum absolute atomic E-state index is 11.5. The minimum absolute atomic E-state index is 0.0873. The molecule has 6 nitrogen and oxygen atoms in total. The summed E-state index contributed by atoms with van der Waals surface area (Å²) >= 11 is 1.23. The molecule has 0 saturated carbocycles. The monoisotopic (exact) mass is 256 g/mol. The normalized spacial score (nSPS) is 10.0. The number of nitrogens with two attached hydrogens (primary N) is 1. The van der Waals surface area contributed by atoms with E-state index in [0.717, 1.165) is 6.42 Å². The third-order valence-electron chi connectivity index (χ3n) is 1.89. The Bertz CT molecular complexity index is 391. The first kappa shape index (κ1) is 13.6. The highest BCUT2D eigenvalue weighted by atomic mass is 32.1. The molecule has 0 aliphatic heterocycles. The molecule has 0 bridgehead atoms. The molecule has 1 rings (SSSR count). The van der Waals surface area contributed by atoms with Gasteiger partial charge < -0.3 is 16.4 Å². The second-order valence-corrected chi connectivity index (χ2v) is 4.24. The number of amides is 2. The van der Waals surface area contributed by atoms with Gasteiger partial charge in [-0.2, -0.15) is 0 Å². The fraction of sp³-hybridized carbons (Fsp3) is 0.500. The first-order valence-corrected chi connectivity index (χ1v) is 6.29. The zero-order valence-electron chi connectivity index (χ0n) is 9.66. The zero-order chi connectivity index (χ0) is 12.7. The van der Waals surface area contributed by atoms with Crippen LogP contribution in [0.4, 0.5) is 5.13 Å². The van der Waals surface area contributed by atoms with Gasteiger partial charge in [0, 0.05) is 24.9 Å². The third-order valence-corrected chi connectivity index (χ3v) is 2.65. The van der Waals surface area contributed by atoms with E-state index in [1.807, 2.05) is 6.92 Å². The van der Waals surface area contributed by atoms with Gasteiger partial charge in [0.1, 0.15) is 5.69 Å². The molecule has 1 aromatic heterocycles. The summed E-state index contributed by atoms with van der Waals surface area (Å²) in [4.78, 5) is 26.8. The minimum atomic E-state index is -0.275. The van der Waals surface area contributed by atoms with Crippen LogP contribution in [0.1, 0.15) is 30.3 Å². The number of hydrogen-bond donors (Lipinski definition) is 3. The van der Waals surface area contributed by atoms with E-state index in [1.165, 1.54) is 11.3 Å². The van der Waals surface area contributed by atoms with Gasteiger partial charge >= 0.3 is 0 Å². The third kappa shape index (κ3) is 4.49. The van der Waals surface area contributed by atoms with E-state index < -0.39 is 0 Å². The second kappa shape index (κ2) is 6.97. The molecule has 0 aromatic carbocycles. The fourth-order valence-corrected chi connectivity index (χ4v) is 1.83. The van der Waals surface area contributed by atoms with Crippen LogP contribution < -0.4 is 16.4 Å². The van der Waals surface area contributed by atoms with Gasteiger partial charge in [-0.3, -0.25) is 9.59 Å². The highest BCUT2D eigenvalue weighted by Crippen LogP contribution is 2.15. The number of hydrogen-bond acceptors (Lipinski definition) is 5. The maximum atomic E-state index is 11.5. The van der Waals surface area contributed by atoms with E-state index in [4.69, 9.17) is 5.73 Å². The lowest BCUT2D eigenvalue weighted by atomic mass is 10.3. The zero-order valence-corrected chi connectivity index (χ0v) is 10.5. The lowest BCUT2D eigenvalue weighted by Crippen LogP contribution is -2.29. The van der Waals surface area contributed by atoms with Gasteiger partial charge in [-0.05, 0) is 6.42 Å². The van der Waals surface area contributed by atoms with Gasteiger partial charge in [0.05, 0.1) is 0 Å². The minimum Gasteiger partial charge on any atom is -0.349 e. The van der Waals surface area contributed by atoms with E-state index in [1.54, 1.807) is 5.38 Å². The summed E-state index contributed by atoms with van der Waals surface area (Å²) in [6.45, 7) is 2.72. The van der Waals surface area contributed by atoms with Crippen LogP contribution >= 0.6 is 11.3 Å². The van der Waals surface area contributed by atoms with Crippen LogP contribution in [-0.2, 0) is 4.79 Å². The Labute approximate surface area is 104 Å². The highest BCUT2D eigenvalue weighted by molar-refractivity contribution is 7.14. The van der Waals surface area contributed by atoms with Crippen LogP contribution in [0.15, 0.2) is 5.38 Å².